The molecular formula is C21H28N4O3. The Labute approximate surface area is 165 Å². The number of rotatable bonds is 4. The summed E-state index contributed by atoms with van der Waals surface area (Å²) in [6.07, 6.45) is 0. The van der Waals surface area contributed by atoms with Crippen LogP contribution in [0.2, 0.25) is 0 Å². The first kappa shape index (κ1) is 21.2. The maximum atomic E-state index is 12.5. The van der Waals surface area contributed by atoms with Gasteiger partial charge in [-0.25, -0.2) is 0 Å². The fraction of sp³-hybridized carbons (Fsp3) is 0.381. The number of hydrogen-bond donors (Lipinski definition) is 3. The van der Waals surface area contributed by atoms with Crippen molar-refractivity contribution in [1.29, 1.82) is 0 Å². The Hall–Kier alpha value is -3.09. The minimum atomic E-state index is -0.774. The second-order valence-electron chi connectivity index (χ2n) is 7.84. The summed E-state index contributed by atoms with van der Waals surface area (Å²) < 4.78 is 1.98. The van der Waals surface area contributed by atoms with Gasteiger partial charge in [-0.2, -0.15) is 0 Å². The molecule has 0 spiro atoms. The van der Waals surface area contributed by atoms with Crippen molar-refractivity contribution >= 4 is 17.7 Å². The fourth-order valence-electron chi connectivity index (χ4n) is 2.74. The highest BCUT2D eigenvalue weighted by Gasteiger charge is 2.25. The first-order valence-corrected chi connectivity index (χ1v) is 9.18. The Bertz CT molecular complexity index is 879. The van der Waals surface area contributed by atoms with Crippen molar-refractivity contribution in [2.75, 3.05) is 0 Å². The SMILES string of the molecule is Cc1cc(C(=O)NNC(=O)C(C)NC(=O)C(C)(C)C)c(C)n1-c1ccccc1. The van der Waals surface area contributed by atoms with Crippen molar-refractivity contribution in [3.05, 3.63) is 53.3 Å². The molecule has 1 aromatic heterocycles. The monoisotopic (exact) mass is 384 g/mol. The lowest BCUT2D eigenvalue weighted by atomic mass is 9.95. The number of nitrogens with zero attached hydrogens (tertiary/aromatic N) is 1. The van der Waals surface area contributed by atoms with Crippen LogP contribution >= 0.6 is 0 Å². The highest BCUT2D eigenvalue weighted by Crippen LogP contribution is 2.20. The highest BCUT2D eigenvalue weighted by molar-refractivity contribution is 5.97. The second kappa shape index (κ2) is 8.29. The third-order valence-corrected chi connectivity index (χ3v) is 4.41. The summed E-state index contributed by atoms with van der Waals surface area (Å²) in [6, 6.07) is 10.7. The molecule has 3 amide bonds. The number of hydrazine groups is 1. The van der Waals surface area contributed by atoms with Crippen LogP contribution in [0, 0.1) is 19.3 Å². The summed E-state index contributed by atoms with van der Waals surface area (Å²) in [5.41, 5.74) is 7.29. The number of amides is 3. The Balaban J connectivity index is 2.04. The molecule has 0 saturated heterocycles. The minimum Gasteiger partial charge on any atom is -0.344 e. The van der Waals surface area contributed by atoms with E-state index in [1.807, 2.05) is 48.7 Å². The molecule has 0 aliphatic heterocycles. The van der Waals surface area contributed by atoms with Crippen molar-refractivity contribution in [1.82, 2.24) is 20.7 Å². The van der Waals surface area contributed by atoms with Gasteiger partial charge in [-0.15, -0.1) is 0 Å². The molecule has 28 heavy (non-hydrogen) atoms. The number of benzene rings is 1. The normalized spacial score (nSPS) is 12.2. The maximum absolute atomic E-state index is 12.5. The molecule has 7 heteroatoms. The lowest BCUT2D eigenvalue weighted by Gasteiger charge is -2.21. The van der Waals surface area contributed by atoms with Crippen LogP contribution in [0.3, 0.4) is 0 Å². The largest absolute Gasteiger partial charge is 0.344 e. The molecule has 150 valence electrons. The molecule has 3 N–H and O–H groups in total. The molecule has 0 fully saturated rings. The molecule has 7 nitrogen and oxygen atoms in total. The molecule has 1 heterocycles. The van der Waals surface area contributed by atoms with Crippen molar-refractivity contribution in [3.63, 3.8) is 0 Å². The van der Waals surface area contributed by atoms with E-state index in [2.05, 4.69) is 16.2 Å². The van der Waals surface area contributed by atoms with E-state index in [1.54, 1.807) is 33.8 Å². The van der Waals surface area contributed by atoms with Gasteiger partial charge in [0.25, 0.3) is 11.8 Å². The van der Waals surface area contributed by atoms with Gasteiger partial charge in [0.15, 0.2) is 0 Å². The number of carbonyl (C=O) groups is 3. The number of carbonyl (C=O) groups excluding carboxylic acids is 3. The van der Waals surface area contributed by atoms with Gasteiger partial charge in [-0.1, -0.05) is 39.0 Å². The molecule has 2 rings (SSSR count). The van der Waals surface area contributed by atoms with E-state index in [0.717, 1.165) is 17.1 Å². The van der Waals surface area contributed by atoms with Crippen molar-refractivity contribution in [2.45, 2.75) is 47.6 Å². The first-order valence-electron chi connectivity index (χ1n) is 9.18. The van der Waals surface area contributed by atoms with E-state index < -0.39 is 23.3 Å². The Morgan fingerprint density at radius 2 is 1.61 bits per heavy atom. The number of para-hydroxylation sites is 1. The van der Waals surface area contributed by atoms with Crippen LogP contribution in [-0.4, -0.2) is 28.3 Å². The van der Waals surface area contributed by atoms with Gasteiger partial charge >= 0.3 is 0 Å². The number of nitrogens with one attached hydrogen (secondary N) is 3. The zero-order valence-electron chi connectivity index (χ0n) is 17.2. The summed E-state index contributed by atoms with van der Waals surface area (Å²) in [5, 5.41) is 2.62. The quantitative estimate of drug-likeness (QED) is 0.707. The predicted octanol–water partition coefficient (Wildman–Crippen LogP) is 2.41. The number of aryl methyl sites for hydroxylation is 1. The van der Waals surface area contributed by atoms with Crippen LogP contribution in [0.25, 0.3) is 5.69 Å². The van der Waals surface area contributed by atoms with E-state index in [-0.39, 0.29) is 5.91 Å². The van der Waals surface area contributed by atoms with E-state index in [4.69, 9.17) is 0 Å². The lowest BCUT2D eigenvalue weighted by molar-refractivity contribution is -0.133. The third-order valence-electron chi connectivity index (χ3n) is 4.41. The van der Waals surface area contributed by atoms with Crippen molar-refractivity contribution < 1.29 is 14.4 Å². The van der Waals surface area contributed by atoms with Crippen LogP contribution in [0.5, 0.6) is 0 Å². The van der Waals surface area contributed by atoms with E-state index in [0.29, 0.717) is 5.56 Å². The molecule has 0 radical (unpaired) electrons. The molecule has 0 aliphatic rings. The van der Waals surface area contributed by atoms with Gasteiger partial charge in [0.05, 0.1) is 5.56 Å². The summed E-state index contributed by atoms with van der Waals surface area (Å²) in [4.78, 5) is 36.7. The Kier molecular flexibility index (Phi) is 6.28. The average Bonchev–Trinajstić information content (AvgIpc) is 2.93. The molecule has 1 aromatic carbocycles. The number of hydrogen-bond acceptors (Lipinski definition) is 3. The molecule has 1 atom stereocenters. The second-order valence-corrected chi connectivity index (χ2v) is 7.84. The van der Waals surface area contributed by atoms with Crippen molar-refractivity contribution in [2.24, 2.45) is 5.41 Å². The standard InChI is InChI=1S/C21H28N4O3/c1-13-12-17(15(3)25(13)16-10-8-7-9-11-16)19(27)24-23-18(26)14(2)22-20(28)21(4,5)6/h7-12,14H,1-6H3,(H,22,28)(H,23,26)(H,24,27). The van der Waals surface area contributed by atoms with Gasteiger partial charge in [0, 0.05) is 22.5 Å². The topological polar surface area (TPSA) is 92.2 Å². The zero-order valence-corrected chi connectivity index (χ0v) is 17.2. The minimum absolute atomic E-state index is 0.243. The van der Waals surface area contributed by atoms with E-state index >= 15 is 0 Å². The van der Waals surface area contributed by atoms with Gasteiger partial charge in [-0.3, -0.25) is 25.2 Å². The molecule has 0 saturated carbocycles. The third kappa shape index (κ3) is 4.79. The summed E-state index contributed by atoms with van der Waals surface area (Å²) in [5.74, 6) is -1.16. The fourth-order valence-corrected chi connectivity index (χ4v) is 2.74. The smallest absolute Gasteiger partial charge is 0.271 e. The van der Waals surface area contributed by atoms with Gasteiger partial charge in [-0.05, 0) is 39.0 Å². The van der Waals surface area contributed by atoms with Crippen LogP contribution < -0.4 is 16.2 Å². The molecular weight excluding hydrogens is 356 g/mol. The Morgan fingerprint density at radius 1 is 1.00 bits per heavy atom. The number of aromatic nitrogens is 1. The van der Waals surface area contributed by atoms with E-state index in [1.165, 1.54) is 0 Å². The van der Waals surface area contributed by atoms with Gasteiger partial charge < -0.3 is 9.88 Å². The molecule has 0 aliphatic carbocycles. The zero-order chi connectivity index (χ0) is 21.1. The molecule has 2 aromatic rings. The molecule has 1 unspecified atom stereocenters. The van der Waals surface area contributed by atoms with E-state index in [9.17, 15) is 14.4 Å². The highest BCUT2D eigenvalue weighted by atomic mass is 16.2. The van der Waals surface area contributed by atoms with Crippen LogP contribution in [-0.2, 0) is 9.59 Å². The summed E-state index contributed by atoms with van der Waals surface area (Å²) in [6.45, 7) is 10.6. The predicted molar refractivity (Wildman–Crippen MR) is 108 cm³/mol. The molecule has 0 bridgehead atoms. The summed E-state index contributed by atoms with van der Waals surface area (Å²) >= 11 is 0. The lowest BCUT2D eigenvalue weighted by Crippen LogP contribution is -2.52. The first-order chi connectivity index (χ1) is 13.0. The van der Waals surface area contributed by atoms with Crippen LogP contribution in [0.1, 0.15) is 49.4 Å². The van der Waals surface area contributed by atoms with Gasteiger partial charge in [0.2, 0.25) is 5.91 Å². The summed E-state index contributed by atoms with van der Waals surface area (Å²) in [7, 11) is 0. The maximum Gasteiger partial charge on any atom is 0.271 e. The average molecular weight is 384 g/mol. The van der Waals surface area contributed by atoms with Crippen LogP contribution in [0.15, 0.2) is 36.4 Å². The Morgan fingerprint density at radius 3 is 2.18 bits per heavy atom. The van der Waals surface area contributed by atoms with Crippen LogP contribution in [0.4, 0.5) is 0 Å². The van der Waals surface area contributed by atoms with Crippen molar-refractivity contribution in [3.8, 4) is 5.69 Å². The van der Waals surface area contributed by atoms with Gasteiger partial charge in [0.1, 0.15) is 6.04 Å².